The van der Waals surface area contributed by atoms with Crippen LogP contribution in [0.15, 0.2) is 35.3 Å². The Morgan fingerprint density at radius 2 is 1.70 bits per heavy atom. The van der Waals surface area contributed by atoms with Gasteiger partial charge in [-0.25, -0.2) is 4.79 Å². The van der Waals surface area contributed by atoms with E-state index in [0.717, 1.165) is 23.7 Å². The number of amides is 2. The lowest BCUT2D eigenvalue weighted by atomic mass is 10.1. The van der Waals surface area contributed by atoms with Crippen LogP contribution in [0.4, 0.5) is 28.3 Å². The molecule has 0 radical (unpaired) electrons. The molecule has 0 unspecified atom stereocenters. The minimum atomic E-state index is -0.190. The predicted molar refractivity (Wildman–Crippen MR) is 136 cm³/mol. The number of aromatic nitrogens is 3. The minimum Gasteiger partial charge on any atom is -0.368 e. The summed E-state index contributed by atoms with van der Waals surface area (Å²) in [6.07, 6.45) is 2.32. The Hall–Kier alpha value is -3.08. The third-order valence-electron chi connectivity index (χ3n) is 4.56. The fraction of sp³-hybridized carbons (Fsp3) is 0.500. The number of carbonyl (C=O) groups is 1. The van der Waals surface area contributed by atoms with Gasteiger partial charge in [0, 0.05) is 17.8 Å². The first-order valence-corrected chi connectivity index (χ1v) is 11.9. The first-order valence-electron chi connectivity index (χ1n) is 11.0. The van der Waals surface area contributed by atoms with Crippen LogP contribution >= 0.6 is 11.8 Å². The number of anilines is 4. The Morgan fingerprint density at radius 3 is 2.21 bits per heavy atom. The second kappa shape index (κ2) is 10.2. The molecule has 2 heterocycles. The highest BCUT2D eigenvalue weighted by Crippen LogP contribution is 2.29. The highest BCUT2D eigenvalue weighted by molar-refractivity contribution is 8.14. The van der Waals surface area contributed by atoms with Gasteiger partial charge in [0.1, 0.15) is 0 Å². The molecule has 2 aliphatic rings. The molecule has 1 aromatic heterocycles. The van der Waals surface area contributed by atoms with Crippen molar-refractivity contribution >= 4 is 46.5 Å². The van der Waals surface area contributed by atoms with Crippen LogP contribution < -0.4 is 21.7 Å². The first kappa shape index (κ1) is 24.6. The molecule has 2 fully saturated rings. The van der Waals surface area contributed by atoms with Gasteiger partial charge in [0.2, 0.25) is 17.8 Å². The van der Waals surface area contributed by atoms with E-state index in [-0.39, 0.29) is 29.5 Å². The van der Waals surface area contributed by atoms with Gasteiger partial charge >= 0.3 is 6.03 Å². The number of nitrogens with zero attached hydrogens (tertiary/aromatic N) is 6. The Bertz CT molecular complexity index is 967. The molecule has 0 atom stereocenters. The van der Waals surface area contributed by atoms with Crippen molar-refractivity contribution in [2.75, 3.05) is 27.6 Å². The van der Waals surface area contributed by atoms with E-state index in [1.807, 2.05) is 65.0 Å². The molecule has 1 saturated heterocycles. The van der Waals surface area contributed by atoms with E-state index in [9.17, 15) is 4.79 Å². The van der Waals surface area contributed by atoms with Crippen LogP contribution in [0.25, 0.3) is 0 Å². The number of para-hydroxylation sites is 1. The van der Waals surface area contributed by atoms with Crippen molar-refractivity contribution in [3.63, 3.8) is 0 Å². The molecule has 1 aromatic carbocycles. The SMILES string of the molecule is CC(C)N1C(=O)N(c2ccccc2)CSC1=NC(C)(C)C.Nc1nc(N)nc(NC2CC2)n1. The van der Waals surface area contributed by atoms with E-state index in [0.29, 0.717) is 17.9 Å². The molecular weight excluding hydrogens is 438 g/mol. The second-order valence-corrected chi connectivity index (χ2v) is 10.1. The maximum atomic E-state index is 12.8. The molecule has 5 N–H and O–H groups in total. The number of urea groups is 1. The number of hydrogen-bond donors (Lipinski definition) is 3. The fourth-order valence-corrected chi connectivity index (χ4v) is 4.22. The first-order chi connectivity index (χ1) is 15.5. The van der Waals surface area contributed by atoms with E-state index in [1.165, 1.54) is 0 Å². The summed E-state index contributed by atoms with van der Waals surface area (Å²) in [5.74, 6) is 1.39. The number of nitrogens with one attached hydrogen (secondary N) is 1. The summed E-state index contributed by atoms with van der Waals surface area (Å²) in [5.41, 5.74) is 11.5. The van der Waals surface area contributed by atoms with Gasteiger partial charge in [-0.1, -0.05) is 30.0 Å². The maximum absolute atomic E-state index is 12.8. The zero-order chi connectivity index (χ0) is 24.2. The lowest BCUT2D eigenvalue weighted by molar-refractivity contribution is 0.220. The van der Waals surface area contributed by atoms with E-state index in [2.05, 4.69) is 20.3 Å². The number of nitrogens with two attached hydrogens (primary N) is 2. The molecule has 1 saturated carbocycles. The highest BCUT2D eigenvalue weighted by atomic mass is 32.2. The van der Waals surface area contributed by atoms with Gasteiger partial charge in [-0.15, -0.1) is 0 Å². The quantitative estimate of drug-likeness (QED) is 0.612. The Balaban J connectivity index is 0.000000215. The molecule has 2 aromatic rings. The number of nitrogen functional groups attached to an aromatic ring is 2. The van der Waals surface area contributed by atoms with Crippen LogP contribution in [0, 0.1) is 0 Å². The molecule has 33 heavy (non-hydrogen) atoms. The lowest BCUT2D eigenvalue weighted by Crippen LogP contribution is -2.53. The largest absolute Gasteiger partial charge is 0.368 e. The summed E-state index contributed by atoms with van der Waals surface area (Å²) in [4.78, 5) is 32.5. The topological polar surface area (TPSA) is 139 Å². The van der Waals surface area contributed by atoms with Gasteiger partial charge in [-0.2, -0.15) is 15.0 Å². The molecule has 0 bridgehead atoms. The van der Waals surface area contributed by atoms with Gasteiger partial charge in [-0.3, -0.25) is 14.8 Å². The number of aliphatic imine (C=N–C) groups is 1. The van der Waals surface area contributed by atoms with Crippen LogP contribution in [0.5, 0.6) is 0 Å². The number of amidine groups is 1. The van der Waals surface area contributed by atoms with Crippen LogP contribution in [0.1, 0.15) is 47.5 Å². The van der Waals surface area contributed by atoms with Gasteiger partial charge in [-0.05, 0) is 59.6 Å². The van der Waals surface area contributed by atoms with Crippen LogP contribution in [0.3, 0.4) is 0 Å². The number of carbonyl (C=O) groups excluding carboxylic acids is 1. The van der Waals surface area contributed by atoms with E-state index >= 15 is 0 Å². The van der Waals surface area contributed by atoms with Crippen molar-refractivity contribution in [2.24, 2.45) is 4.99 Å². The monoisotopic (exact) mass is 471 g/mol. The normalized spacial score (nSPS) is 17.8. The summed E-state index contributed by atoms with van der Waals surface area (Å²) >= 11 is 1.61. The van der Waals surface area contributed by atoms with Gasteiger partial charge in [0.05, 0.1) is 11.4 Å². The van der Waals surface area contributed by atoms with Crippen LogP contribution in [-0.2, 0) is 0 Å². The van der Waals surface area contributed by atoms with Crippen LogP contribution in [-0.4, -0.2) is 54.6 Å². The zero-order valence-corrected chi connectivity index (χ0v) is 20.6. The summed E-state index contributed by atoms with van der Waals surface area (Å²) in [5, 5.41) is 3.89. The molecule has 10 nitrogen and oxygen atoms in total. The molecule has 178 valence electrons. The zero-order valence-electron chi connectivity index (χ0n) is 19.8. The van der Waals surface area contributed by atoms with Gasteiger partial charge < -0.3 is 16.8 Å². The third-order valence-corrected chi connectivity index (χ3v) is 5.50. The molecule has 2 amide bonds. The average Bonchev–Trinajstić information content (AvgIpc) is 3.51. The number of hydrogen-bond acceptors (Lipinski definition) is 9. The van der Waals surface area contributed by atoms with E-state index in [4.69, 9.17) is 16.5 Å². The fourth-order valence-electron chi connectivity index (χ4n) is 2.95. The minimum absolute atomic E-state index is 0.00190. The van der Waals surface area contributed by atoms with Crippen molar-refractivity contribution in [3.05, 3.63) is 30.3 Å². The molecule has 11 heteroatoms. The molecule has 1 aliphatic heterocycles. The molecule has 4 rings (SSSR count). The number of rotatable bonds is 4. The van der Waals surface area contributed by atoms with Crippen molar-refractivity contribution in [3.8, 4) is 0 Å². The molecule has 0 spiro atoms. The molecule has 1 aliphatic carbocycles. The average molecular weight is 472 g/mol. The van der Waals surface area contributed by atoms with Crippen LogP contribution in [0.2, 0.25) is 0 Å². The summed E-state index contributed by atoms with van der Waals surface area (Å²) in [6.45, 7) is 10.2. The standard InChI is InChI=1S/C16H23N3OS.C6H10N6/c1-12(2)19-14(17-16(3,4)5)21-11-18(15(19)20)13-9-7-6-8-10-13;7-4-10-5(8)12-6(11-4)9-3-1-2-3/h6-10,12H,11H2,1-5H3;3H,1-2H2,(H5,7,8,9,10,11,12). The van der Waals surface area contributed by atoms with E-state index < -0.39 is 0 Å². The Morgan fingerprint density at radius 1 is 1.09 bits per heavy atom. The number of thioether (sulfide) groups is 1. The van der Waals surface area contributed by atoms with Gasteiger partial charge in [0.25, 0.3) is 0 Å². The summed E-state index contributed by atoms with van der Waals surface area (Å²) in [7, 11) is 0. The van der Waals surface area contributed by atoms with E-state index in [1.54, 1.807) is 21.6 Å². The Labute approximate surface area is 199 Å². The highest BCUT2D eigenvalue weighted by Gasteiger charge is 2.34. The Kier molecular flexibility index (Phi) is 7.62. The smallest absolute Gasteiger partial charge is 0.331 e. The summed E-state index contributed by atoms with van der Waals surface area (Å²) in [6, 6.07) is 10.3. The van der Waals surface area contributed by atoms with Gasteiger partial charge in [0.15, 0.2) is 5.17 Å². The molecular formula is C22H33N9OS. The van der Waals surface area contributed by atoms with Crippen molar-refractivity contribution in [1.29, 1.82) is 0 Å². The van der Waals surface area contributed by atoms with Crippen molar-refractivity contribution in [1.82, 2.24) is 19.9 Å². The maximum Gasteiger partial charge on any atom is 0.331 e. The predicted octanol–water partition coefficient (Wildman–Crippen LogP) is 3.79. The number of benzene rings is 1. The van der Waals surface area contributed by atoms with Crippen molar-refractivity contribution in [2.45, 2.75) is 65.1 Å². The lowest BCUT2D eigenvalue weighted by Gasteiger charge is -2.38. The second-order valence-electron chi connectivity index (χ2n) is 9.14. The van der Waals surface area contributed by atoms with Crippen molar-refractivity contribution < 1.29 is 4.79 Å². The third kappa shape index (κ3) is 7.21. The summed E-state index contributed by atoms with van der Waals surface area (Å²) < 4.78 is 0.